The topological polar surface area (TPSA) is 220 Å². The Morgan fingerprint density at radius 1 is 0.980 bits per heavy atom. The molecule has 1 amide bonds. The number of phenolic OH excluding ortho intramolecular Hbond substituents is 1. The number of phenols is 1. The Hall–Kier alpha value is -4.47. The molecule has 15 heteroatoms. The number of benzene rings is 1. The molecule has 0 aromatic heterocycles. The van der Waals surface area contributed by atoms with E-state index in [1.54, 1.807) is 39.2 Å². The minimum absolute atomic E-state index is 0.0124. The van der Waals surface area contributed by atoms with Crippen LogP contribution < -0.4 is 10.6 Å². The number of rotatable bonds is 13. The second-order valence-corrected chi connectivity index (χ2v) is 13.2. The van der Waals surface area contributed by atoms with Crippen LogP contribution in [0.5, 0.6) is 5.75 Å². The molecule has 4 unspecified atom stereocenters. The Bertz CT molecular complexity index is 1590. The smallest absolute Gasteiger partial charge is 0.305 e. The van der Waals surface area contributed by atoms with Gasteiger partial charge in [0, 0.05) is 56.2 Å². The van der Waals surface area contributed by atoms with E-state index in [1.165, 1.54) is 19.1 Å². The number of ether oxygens (including phenoxy) is 2. The number of aliphatic hydroxyl groups is 3. The zero-order chi connectivity index (χ0) is 36.5. The van der Waals surface area contributed by atoms with E-state index in [-0.39, 0.29) is 61.1 Å². The summed E-state index contributed by atoms with van der Waals surface area (Å²) in [6.07, 6.45) is 1.31. The number of carbonyl (C=O) groups excluding carboxylic acids is 5. The molecule has 1 fully saturated rings. The second-order valence-electron chi connectivity index (χ2n) is 13.2. The first kappa shape index (κ1) is 37.4. The third-order valence-electron chi connectivity index (χ3n) is 9.82. The number of primary amides is 1. The Kier molecular flexibility index (Phi) is 11.1. The van der Waals surface area contributed by atoms with Gasteiger partial charge in [-0.05, 0) is 70.4 Å². The summed E-state index contributed by atoms with van der Waals surface area (Å²) < 4.78 is 9.50. The lowest BCUT2D eigenvalue weighted by atomic mass is 9.57. The molecule has 1 aromatic rings. The van der Waals surface area contributed by atoms with Crippen molar-refractivity contribution < 1.29 is 53.9 Å². The molecule has 3 aliphatic rings. The van der Waals surface area contributed by atoms with Gasteiger partial charge >= 0.3 is 11.9 Å². The lowest BCUT2D eigenvalue weighted by molar-refractivity contribution is -0.153. The number of hydrogen-bond acceptors (Lipinski definition) is 14. The van der Waals surface area contributed by atoms with Crippen molar-refractivity contribution in [1.82, 2.24) is 9.80 Å². The van der Waals surface area contributed by atoms with Crippen molar-refractivity contribution in [3.8, 4) is 5.75 Å². The Morgan fingerprint density at radius 2 is 1.55 bits per heavy atom. The van der Waals surface area contributed by atoms with E-state index in [0.717, 1.165) is 0 Å². The largest absolute Gasteiger partial charge is 0.508 e. The highest BCUT2D eigenvalue weighted by atomic mass is 16.5. The fourth-order valence-corrected chi connectivity index (χ4v) is 7.47. The number of methoxy groups -OCH3 is 2. The molecule has 0 bridgehead atoms. The molecule has 49 heavy (non-hydrogen) atoms. The number of nitrogens with zero attached hydrogens (tertiary/aromatic N) is 3. The van der Waals surface area contributed by atoms with Gasteiger partial charge in [0.25, 0.3) is 5.91 Å². The lowest BCUT2D eigenvalue weighted by Crippen LogP contribution is -2.65. The van der Waals surface area contributed by atoms with Crippen LogP contribution in [0, 0.1) is 11.8 Å². The van der Waals surface area contributed by atoms with Crippen LogP contribution in [0.4, 0.5) is 5.69 Å². The summed E-state index contributed by atoms with van der Waals surface area (Å²) in [5, 5.41) is 46.6. The summed E-state index contributed by atoms with van der Waals surface area (Å²) in [5.74, 6) is -7.88. The molecule has 1 aromatic carbocycles. The fourth-order valence-electron chi connectivity index (χ4n) is 7.47. The van der Waals surface area contributed by atoms with Crippen molar-refractivity contribution in [3.63, 3.8) is 0 Å². The predicted octanol–water partition coefficient (Wildman–Crippen LogP) is 0.738. The quantitative estimate of drug-likeness (QED) is 0.143. The van der Waals surface area contributed by atoms with Gasteiger partial charge in [-0.2, -0.15) is 0 Å². The van der Waals surface area contributed by atoms with Gasteiger partial charge in [0.15, 0.2) is 11.4 Å². The van der Waals surface area contributed by atoms with E-state index in [0.29, 0.717) is 42.7 Å². The molecule has 4 atom stereocenters. The van der Waals surface area contributed by atoms with E-state index in [4.69, 9.17) is 15.2 Å². The number of likely N-dealkylation sites (N-methyl/N-ethyl adjacent to an activating group) is 1. The van der Waals surface area contributed by atoms with E-state index < -0.39 is 58.0 Å². The van der Waals surface area contributed by atoms with Crippen LogP contribution in [0.15, 0.2) is 23.0 Å². The second kappa shape index (κ2) is 14.6. The number of aliphatic hydroxyl groups excluding tert-OH is 2. The van der Waals surface area contributed by atoms with Crippen molar-refractivity contribution in [2.75, 3.05) is 60.4 Å². The van der Waals surface area contributed by atoms with E-state index in [2.05, 4.69) is 0 Å². The number of Topliss-reactive ketones (excluding diaryl/α,β-unsaturated/α-hetero) is 2. The number of aromatic hydroxyl groups is 1. The number of ketones is 2. The Morgan fingerprint density at radius 3 is 2.04 bits per heavy atom. The standard InChI is InChI=1S/C34H46N4O11/c1-36(2)21-15-18(16-38(11-7-9-22(39)48-5)12-8-10-23(40)49-6)28(41)25-19(21)13-17-14-20-27(37(3)4)30(43)26(33(35)46)32(45)34(20,47)31(44)24(17)29(25)42/h15,17,20,27,41-42,45,47H,7-14,16H2,1-6H3,(H2,35,46). The highest BCUT2D eigenvalue weighted by molar-refractivity contribution is 6.24. The first-order valence-corrected chi connectivity index (χ1v) is 16.1. The van der Waals surface area contributed by atoms with E-state index >= 15 is 0 Å². The number of amides is 1. The van der Waals surface area contributed by atoms with E-state index in [1.807, 2.05) is 4.90 Å². The van der Waals surface area contributed by atoms with Gasteiger partial charge in [-0.3, -0.25) is 33.8 Å². The molecule has 1 saturated carbocycles. The highest BCUT2D eigenvalue weighted by Crippen LogP contribution is 2.54. The third kappa shape index (κ3) is 6.74. The SMILES string of the molecule is COC(=O)CCCN(CCCC(=O)OC)Cc1cc(N(C)C)c2c(c1O)C(O)=C1C(=O)C3(O)C(O)=C(C(N)=O)C(=O)C(N(C)C)C3CC1C2. The van der Waals surface area contributed by atoms with Gasteiger partial charge in [-0.25, -0.2) is 0 Å². The Balaban J connectivity index is 1.82. The van der Waals surface area contributed by atoms with Crippen molar-refractivity contribution in [1.29, 1.82) is 0 Å². The zero-order valence-corrected chi connectivity index (χ0v) is 28.7. The molecule has 0 radical (unpaired) electrons. The monoisotopic (exact) mass is 686 g/mol. The minimum Gasteiger partial charge on any atom is -0.508 e. The van der Waals surface area contributed by atoms with Gasteiger partial charge in [-0.1, -0.05) is 0 Å². The third-order valence-corrected chi connectivity index (χ3v) is 9.82. The van der Waals surface area contributed by atoms with Crippen LogP contribution in [-0.4, -0.2) is 127 Å². The summed E-state index contributed by atoms with van der Waals surface area (Å²) in [7, 11) is 9.27. The zero-order valence-electron chi connectivity index (χ0n) is 28.7. The first-order valence-electron chi connectivity index (χ1n) is 16.1. The van der Waals surface area contributed by atoms with Crippen LogP contribution in [0.3, 0.4) is 0 Å². The molecule has 0 aliphatic heterocycles. The van der Waals surface area contributed by atoms with Gasteiger partial charge in [-0.15, -0.1) is 0 Å². The molecule has 268 valence electrons. The molecule has 0 spiro atoms. The molecular formula is C34H46N4O11. The van der Waals surface area contributed by atoms with Crippen LogP contribution >= 0.6 is 0 Å². The maximum Gasteiger partial charge on any atom is 0.305 e. The average molecular weight is 687 g/mol. The van der Waals surface area contributed by atoms with Crippen LogP contribution in [0.1, 0.15) is 48.8 Å². The summed E-state index contributed by atoms with van der Waals surface area (Å²) >= 11 is 0. The number of carbonyl (C=O) groups is 5. The summed E-state index contributed by atoms with van der Waals surface area (Å²) in [6.45, 7) is 0.962. The van der Waals surface area contributed by atoms with E-state index in [9.17, 15) is 44.4 Å². The number of nitrogens with two attached hydrogens (primary N) is 1. The van der Waals surface area contributed by atoms with Gasteiger partial charge in [0.2, 0.25) is 5.78 Å². The summed E-state index contributed by atoms with van der Waals surface area (Å²) in [4.78, 5) is 68.6. The maximum atomic E-state index is 14.3. The summed E-state index contributed by atoms with van der Waals surface area (Å²) in [5.41, 5.74) is 3.13. The minimum atomic E-state index is -2.74. The molecule has 3 aliphatic carbocycles. The average Bonchev–Trinajstić information content (AvgIpc) is 3.02. The number of anilines is 1. The highest BCUT2D eigenvalue weighted by Gasteiger charge is 2.64. The van der Waals surface area contributed by atoms with Crippen molar-refractivity contribution in [2.45, 2.75) is 56.7 Å². The van der Waals surface area contributed by atoms with Gasteiger partial charge in [0.1, 0.15) is 22.8 Å². The molecule has 0 heterocycles. The van der Waals surface area contributed by atoms with Crippen LogP contribution in [-0.2, 0) is 46.4 Å². The molecule has 15 nitrogen and oxygen atoms in total. The Labute approximate surface area is 284 Å². The van der Waals surface area contributed by atoms with Gasteiger partial charge in [0.05, 0.1) is 25.8 Å². The first-order chi connectivity index (χ1) is 23.0. The van der Waals surface area contributed by atoms with Crippen LogP contribution in [0.25, 0.3) is 5.76 Å². The molecule has 6 N–H and O–H groups in total. The lowest BCUT2D eigenvalue weighted by Gasteiger charge is -2.50. The summed E-state index contributed by atoms with van der Waals surface area (Å²) in [6, 6.07) is 0.604. The molecule has 0 saturated heterocycles. The van der Waals surface area contributed by atoms with Crippen molar-refractivity contribution in [3.05, 3.63) is 39.7 Å². The van der Waals surface area contributed by atoms with Crippen molar-refractivity contribution in [2.24, 2.45) is 17.6 Å². The van der Waals surface area contributed by atoms with Gasteiger partial charge < -0.3 is 40.5 Å². The fraction of sp³-hybridized carbons (Fsp3) is 0.559. The molecule has 4 rings (SSSR count). The maximum absolute atomic E-state index is 14.3. The number of hydrogen-bond donors (Lipinski definition) is 5. The van der Waals surface area contributed by atoms with Crippen LogP contribution in [0.2, 0.25) is 0 Å². The van der Waals surface area contributed by atoms with Crippen molar-refractivity contribution >= 4 is 40.9 Å². The number of esters is 2. The normalized spacial score (nSPS) is 23.3. The molecular weight excluding hydrogens is 640 g/mol. The predicted molar refractivity (Wildman–Crippen MR) is 176 cm³/mol. The number of fused-ring (bicyclic) bond motifs is 3.